The van der Waals surface area contributed by atoms with Gasteiger partial charge in [-0.15, -0.1) is 0 Å². The van der Waals surface area contributed by atoms with Crippen LogP contribution in [0.5, 0.6) is 11.5 Å². The number of rotatable bonds is 1. The number of phenols is 1. The highest BCUT2D eigenvalue weighted by Gasteiger charge is 2.27. The van der Waals surface area contributed by atoms with Crippen molar-refractivity contribution >= 4 is 34.8 Å². The lowest BCUT2D eigenvalue weighted by molar-refractivity contribution is -0.377. The molecule has 2 heterocycles. The van der Waals surface area contributed by atoms with E-state index in [4.69, 9.17) is 27.9 Å². The summed E-state index contributed by atoms with van der Waals surface area (Å²) in [5, 5.41) is 9.65. The summed E-state index contributed by atoms with van der Waals surface area (Å²) < 4.78 is 5.50. The van der Waals surface area contributed by atoms with E-state index >= 15 is 0 Å². The number of H-pyrrole nitrogens is 1. The summed E-state index contributed by atoms with van der Waals surface area (Å²) in [6, 6.07) is 4.55. The van der Waals surface area contributed by atoms with Crippen molar-refractivity contribution in [3.05, 3.63) is 46.2 Å². The number of hydrogen-bond donors (Lipinski definition) is 1. The van der Waals surface area contributed by atoms with Gasteiger partial charge in [-0.1, -0.05) is 23.2 Å². The molecule has 0 unspecified atom stereocenters. The summed E-state index contributed by atoms with van der Waals surface area (Å²) in [4.78, 5) is 17.1. The molecule has 0 fully saturated rings. The number of carbonyl (C=O) groups excluding carboxylic acids is 1. The fourth-order valence-electron chi connectivity index (χ4n) is 2.16. The summed E-state index contributed by atoms with van der Waals surface area (Å²) in [5.74, 6) is 0.137. The Morgan fingerprint density at radius 1 is 1.33 bits per heavy atom. The van der Waals surface area contributed by atoms with E-state index in [-0.39, 0.29) is 21.7 Å². The SMILES string of the molecule is O=C(c1cc(Cl)c(O)c(Cl)c1)N1CCOc2cc[nH+]cc21. The molecule has 0 aliphatic carbocycles. The number of halogens is 2. The first-order valence-corrected chi connectivity index (χ1v) is 6.96. The van der Waals surface area contributed by atoms with Gasteiger partial charge in [0.15, 0.2) is 29.6 Å². The zero-order valence-corrected chi connectivity index (χ0v) is 12.3. The molecule has 0 radical (unpaired) electrons. The van der Waals surface area contributed by atoms with Gasteiger partial charge < -0.3 is 9.84 Å². The number of benzene rings is 1. The number of aromatic hydroxyl groups is 1. The van der Waals surface area contributed by atoms with Crippen molar-refractivity contribution in [3.63, 3.8) is 0 Å². The van der Waals surface area contributed by atoms with E-state index in [2.05, 4.69) is 4.98 Å². The molecule has 0 saturated heterocycles. The third-order valence-corrected chi connectivity index (χ3v) is 3.75. The molecular formula is C14H11Cl2N2O3+. The highest BCUT2D eigenvalue weighted by molar-refractivity contribution is 6.37. The number of anilines is 1. The Kier molecular flexibility index (Phi) is 3.61. The number of fused-ring (bicyclic) bond motifs is 1. The molecular weight excluding hydrogens is 315 g/mol. The summed E-state index contributed by atoms with van der Waals surface area (Å²) in [6.45, 7) is 0.822. The monoisotopic (exact) mass is 325 g/mol. The summed E-state index contributed by atoms with van der Waals surface area (Å²) in [7, 11) is 0. The van der Waals surface area contributed by atoms with Crippen LogP contribution in [0.4, 0.5) is 5.69 Å². The first kappa shape index (κ1) is 14.0. The van der Waals surface area contributed by atoms with Gasteiger partial charge in [-0.3, -0.25) is 9.69 Å². The number of aromatic amines is 1. The minimum absolute atomic E-state index is 0.0407. The van der Waals surface area contributed by atoms with Crippen molar-refractivity contribution in [3.8, 4) is 11.5 Å². The molecule has 1 aromatic carbocycles. The predicted octanol–water partition coefficient (Wildman–Crippen LogP) is 2.55. The number of nitrogens with one attached hydrogen (secondary N) is 1. The van der Waals surface area contributed by atoms with Crippen molar-refractivity contribution in [2.45, 2.75) is 0 Å². The topological polar surface area (TPSA) is 63.9 Å². The van der Waals surface area contributed by atoms with Gasteiger partial charge in [0.25, 0.3) is 5.91 Å². The van der Waals surface area contributed by atoms with E-state index in [0.29, 0.717) is 30.2 Å². The van der Waals surface area contributed by atoms with E-state index in [1.165, 1.54) is 12.1 Å². The second-order valence-electron chi connectivity index (χ2n) is 4.49. The van der Waals surface area contributed by atoms with Crippen LogP contribution in [0.2, 0.25) is 10.0 Å². The standard InChI is InChI=1S/C14H10Cl2N2O3/c15-9-5-8(6-10(16)13(9)19)14(20)18-3-4-21-12-1-2-17-7-11(12)18/h1-2,5-7,19H,3-4H2/p+1. The van der Waals surface area contributed by atoms with Gasteiger partial charge in [-0.25, -0.2) is 4.98 Å². The van der Waals surface area contributed by atoms with E-state index in [0.717, 1.165) is 0 Å². The summed E-state index contributed by atoms with van der Waals surface area (Å²) >= 11 is 11.7. The first-order valence-electron chi connectivity index (χ1n) is 6.20. The van der Waals surface area contributed by atoms with Crippen LogP contribution in [0.25, 0.3) is 0 Å². The van der Waals surface area contributed by atoms with Gasteiger partial charge in [-0.2, -0.15) is 0 Å². The molecule has 0 bridgehead atoms. The van der Waals surface area contributed by atoms with Crippen molar-refractivity contribution in [2.24, 2.45) is 0 Å². The molecule has 1 aliphatic rings. The maximum atomic E-state index is 12.6. The molecule has 0 atom stereocenters. The van der Waals surface area contributed by atoms with Crippen molar-refractivity contribution in [1.29, 1.82) is 0 Å². The van der Waals surface area contributed by atoms with Gasteiger partial charge >= 0.3 is 0 Å². The molecule has 0 saturated carbocycles. The Bertz CT molecular complexity index is 698. The van der Waals surface area contributed by atoms with Crippen LogP contribution >= 0.6 is 23.2 Å². The van der Waals surface area contributed by atoms with Crippen molar-refractivity contribution in [1.82, 2.24) is 0 Å². The quantitative estimate of drug-likeness (QED) is 0.876. The molecule has 5 nitrogen and oxygen atoms in total. The zero-order valence-electron chi connectivity index (χ0n) is 10.8. The van der Waals surface area contributed by atoms with Gasteiger partial charge in [-0.05, 0) is 12.1 Å². The number of ether oxygens (including phenoxy) is 1. The van der Waals surface area contributed by atoms with Gasteiger partial charge in [0.2, 0.25) is 0 Å². The average molecular weight is 326 g/mol. The number of phenolic OH excluding ortho intramolecular Hbond substituents is 1. The Balaban J connectivity index is 2.00. The lowest BCUT2D eigenvalue weighted by Gasteiger charge is -2.27. The number of hydrogen-bond acceptors (Lipinski definition) is 3. The molecule has 1 aliphatic heterocycles. The Morgan fingerprint density at radius 3 is 2.76 bits per heavy atom. The Labute approximate surface area is 130 Å². The second kappa shape index (κ2) is 5.42. The van der Waals surface area contributed by atoms with Crippen LogP contribution in [-0.4, -0.2) is 24.2 Å². The number of amides is 1. The predicted molar refractivity (Wildman–Crippen MR) is 78.3 cm³/mol. The number of nitrogens with zero attached hydrogens (tertiary/aromatic N) is 1. The van der Waals surface area contributed by atoms with Gasteiger partial charge in [0, 0.05) is 11.6 Å². The largest absolute Gasteiger partial charge is 0.505 e. The summed E-state index contributed by atoms with van der Waals surface area (Å²) in [5.41, 5.74) is 0.952. The molecule has 3 rings (SSSR count). The van der Waals surface area contributed by atoms with E-state index in [1.54, 1.807) is 23.4 Å². The molecule has 2 N–H and O–H groups in total. The van der Waals surface area contributed by atoms with Gasteiger partial charge in [0.05, 0.1) is 16.6 Å². The third-order valence-electron chi connectivity index (χ3n) is 3.18. The average Bonchev–Trinajstić information content (AvgIpc) is 2.51. The first-order chi connectivity index (χ1) is 10.1. The lowest BCUT2D eigenvalue weighted by atomic mass is 10.1. The molecule has 0 spiro atoms. The molecule has 1 aromatic heterocycles. The van der Waals surface area contributed by atoms with Crippen LogP contribution in [0.3, 0.4) is 0 Å². The maximum Gasteiger partial charge on any atom is 0.258 e. The van der Waals surface area contributed by atoms with E-state index in [1.807, 2.05) is 0 Å². The minimum atomic E-state index is -0.261. The van der Waals surface area contributed by atoms with Crippen molar-refractivity contribution < 1.29 is 19.6 Å². The second-order valence-corrected chi connectivity index (χ2v) is 5.30. The number of pyridine rings is 1. The number of aromatic nitrogens is 1. The molecule has 2 aromatic rings. The number of carbonyl (C=O) groups is 1. The van der Waals surface area contributed by atoms with E-state index < -0.39 is 0 Å². The summed E-state index contributed by atoms with van der Waals surface area (Å²) in [6.07, 6.45) is 3.41. The highest BCUT2D eigenvalue weighted by atomic mass is 35.5. The van der Waals surface area contributed by atoms with Crippen molar-refractivity contribution in [2.75, 3.05) is 18.1 Å². The highest BCUT2D eigenvalue weighted by Crippen LogP contribution is 2.35. The minimum Gasteiger partial charge on any atom is -0.505 e. The molecule has 108 valence electrons. The fraction of sp³-hybridized carbons (Fsp3) is 0.143. The Hall–Kier alpha value is -1.98. The molecule has 7 heteroatoms. The van der Waals surface area contributed by atoms with Crippen LogP contribution < -0.4 is 14.6 Å². The normalized spacial score (nSPS) is 13.5. The van der Waals surface area contributed by atoms with Crippen LogP contribution in [0.1, 0.15) is 10.4 Å². The molecule has 1 amide bonds. The maximum absolute atomic E-state index is 12.6. The third kappa shape index (κ3) is 2.50. The van der Waals surface area contributed by atoms with Crippen LogP contribution in [0, 0.1) is 0 Å². The zero-order chi connectivity index (χ0) is 15.0. The van der Waals surface area contributed by atoms with Gasteiger partial charge in [0.1, 0.15) is 6.61 Å². The van der Waals surface area contributed by atoms with Crippen LogP contribution in [0.15, 0.2) is 30.6 Å². The Morgan fingerprint density at radius 2 is 2.05 bits per heavy atom. The lowest BCUT2D eigenvalue weighted by Crippen LogP contribution is -2.38. The smallest absolute Gasteiger partial charge is 0.258 e. The molecule has 21 heavy (non-hydrogen) atoms. The van der Waals surface area contributed by atoms with E-state index in [9.17, 15) is 9.90 Å². The van der Waals surface area contributed by atoms with Crippen LogP contribution in [-0.2, 0) is 0 Å². The fourth-order valence-corrected chi connectivity index (χ4v) is 2.65.